The predicted molar refractivity (Wildman–Crippen MR) is 91.4 cm³/mol. The molecule has 1 aliphatic rings. The van der Waals surface area contributed by atoms with Gasteiger partial charge in [0.1, 0.15) is 11.8 Å². The summed E-state index contributed by atoms with van der Waals surface area (Å²) in [5, 5.41) is 9.27. The molecule has 2 unspecified atom stereocenters. The molecule has 0 bridgehead atoms. The van der Waals surface area contributed by atoms with Gasteiger partial charge in [-0.1, -0.05) is 42.5 Å². The van der Waals surface area contributed by atoms with E-state index in [0.717, 1.165) is 11.1 Å². The highest BCUT2D eigenvalue weighted by Crippen LogP contribution is 2.25. The Balaban J connectivity index is 1.69. The molecule has 2 atom stereocenters. The first-order chi connectivity index (χ1) is 12.1. The van der Waals surface area contributed by atoms with Crippen LogP contribution in [0, 0.1) is 0 Å². The Morgan fingerprint density at radius 1 is 1.04 bits per heavy atom. The van der Waals surface area contributed by atoms with E-state index in [9.17, 15) is 14.7 Å². The van der Waals surface area contributed by atoms with Crippen LogP contribution in [0.5, 0.6) is 5.75 Å². The molecule has 0 radical (unpaired) electrons. The van der Waals surface area contributed by atoms with Gasteiger partial charge in [0, 0.05) is 13.5 Å². The second-order valence-corrected chi connectivity index (χ2v) is 5.86. The summed E-state index contributed by atoms with van der Waals surface area (Å²) < 4.78 is 10.5. The second kappa shape index (κ2) is 7.36. The molecule has 6 nitrogen and oxygen atoms in total. The van der Waals surface area contributed by atoms with Crippen LogP contribution in [-0.4, -0.2) is 47.9 Å². The highest BCUT2D eigenvalue weighted by Gasteiger charge is 2.40. The van der Waals surface area contributed by atoms with Crippen molar-refractivity contribution in [2.24, 2.45) is 0 Å². The number of carbonyl (C=O) groups is 2. The van der Waals surface area contributed by atoms with E-state index in [-0.39, 0.29) is 19.1 Å². The SMILES string of the molecule is COC1CC(C(=O)O)N(C(=O)Oc2ccc(-c3ccccc3)cc2)C1. The molecule has 1 heterocycles. The molecule has 130 valence electrons. The molecule has 1 amide bonds. The Labute approximate surface area is 145 Å². The van der Waals surface area contributed by atoms with E-state index in [1.807, 2.05) is 42.5 Å². The summed E-state index contributed by atoms with van der Waals surface area (Å²) in [4.78, 5) is 24.9. The lowest BCUT2D eigenvalue weighted by atomic mass is 10.1. The van der Waals surface area contributed by atoms with Gasteiger partial charge >= 0.3 is 12.1 Å². The molecule has 6 heteroatoms. The van der Waals surface area contributed by atoms with Crippen LogP contribution in [0.2, 0.25) is 0 Å². The Morgan fingerprint density at radius 2 is 1.68 bits per heavy atom. The molecular formula is C19H19NO5. The Bertz CT molecular complexity index is 744. The number of aliphatic carboxylic acids is 1. The average Bonchev–Trinajstić information content (AvgIpc) is 3.08. The summed E-state index contributed by atoms with van der Waals surface area (Å²) in [6.07, 6.45) is -0.720. The predicted octanol–water partition coefficient (Wildman–Crippen LogP) is 3.03. The number of rotatable bonds is 4. The zero-order valence-corrected chi connectivity index (χ0v) is 13.8. The molecule has 1 N–H and O–H groups in total. The van der Waals surface area contributed by atoms with E-state index in [1.54, 1.807) is 12.1 Å². The fourth-order valence-electron chi connectivity index (χ4n) is 2.91. The molecule has 3 rings (SSSR count). The van der Waals surface area contributed by atoms with Crippen molar-refractivity contribution in [3.63, 3.8) is 0 Å². The van der Waals surface area contributed by atoms with Crippen molar-refractivity contribution < 1.29 is 24.2 Å². The first kappa shape index (κ1) is 17.0. The molecular weight excluding hydrogens is 322 g/mol. The Kier molecular flexibility index (Phi) is 5.00. The van der Waals surface area contributed by atoms with Gasteiger partial charge in [0.25, 0.3) is 0 Å². The van der Waals surface area contributed by atoms with Gasteiger partial charge in [-0.25, -0.2) is 9.59 Å². The number of ether oxygens (including phenoxy) is 2. The molecule has 2 aromatic carbocycles. The fraction of sp³-hybridized carbons (Fsp3) is 0.263. The highest BCUT2D eigenvalue weighted by atomic mass is 16.6. The molecule has 1 aliphatic heterocycles. The molecule has 0 aromatic heterocycles. The van der Waals surface area contributed by atoms with Crippen LogP contribution in [0.3, 0.4) is 0 Å². The number of carboxylic acid groups (broad SMARTS) is 1. The smallest absolute Gasteiger partial charge is 0.416 e. The third kappa shape index (κ3) is 3.80. The fourth-order valence-corrected chi connectivity index (χ4v) is 2.91. The van der Waals surface area contributed by atoms with Gasteiger partial charge in [-0.2, -0.15) is 0 Å². The molecule has 0 spiro atoms. The lowest BCUT2D eigenvalue weighted by Gasteiger charge is -2.20. The number of amides is 1. The van der Waals surface area contributed by atoms with E-state index in [1.165, 1.54) is 12.0 Å². The third-order valence-electron chi connectivity index (χ3n) is 4.28. The van der Waals surface area contributed by atoms with Gasteiger partial charge in [-0.3, -0.25) is 4.90 Å². The summed E-state index contributed by atoms with van der Waals surface area (Å²) in [5.74, 6) is -0.689. The van der Waals surface area contributed by atoms with Crippen molar-refractivity contribution in [2.75, 3.05) is 13.7 Å². The summed E-state index contributed by atoms with van der Waals surface area (Å²) in [5.41, 5.74) is 2.07. The van der Waals surface area contributed by atoms with Crippen molar-refractivity contribution in [1.82, 2.24) is 4.90 Å². The lowest BCUT2D eigenvalue weighted by Crippen LogP contribution is -2.42. The molecule has 1 fully saturated rings. The summed E-state index contributed by atoms with van der Waals surface area (Å²) in [7, 11) is 1.50. The average molecular weight is 341 g/mol. The molecule has 1 saturated heterocycles. The number of methoxy groups -OCH3 is 1. The van der Waals surface area contributed by atoms with E-state index < -0.39 is 18.1 Å². The minimum atomic E-state index is -1.06. The van der Waals surface area contributed by atoms with Gasteiger partial charge in [0.2, 0.25) is 0 Å². The lowest BCUT2D eigenvalue weighted by molar-refractivity contribution is -0.141. The van der Waals surface area contributed by atoms with Crippen LogP contribution in [0.4, 0.5) is 4.79 Å². The molecule has 0 aliphatic carbocycles. The van der Waals surface area contributed by atoms with Crippen molar-refractivity contribution in [1.29, 1.82) is 0 Å². The van der Waals surface area contributed by atoms with Crippen molar-refractivity contribution in [3.8, 4) is 16.9 Å². The highest BCUT2D eigenvalue weighted by molar-refractivity contribution is 5.82. The second-order valence-electron chi connectivity index (χ2n) is 5.86. The summed E-state index contributed by atoms with van der Waals surface area (Å²) in [6, 6.07) is 16.0. The van der Waals surface area contributed by atoms with Crippen molar-refractivity contribution in [3.05, 3.63) is 54.6 Å². The summed E-state index contributed by atoms with van der Waals surface area (Å²) >= 11 is 0. The number of hydrogen-bond acceptors (Lipinski definition) is 4. The normalized spacial score (nSPS) is 19.6. The maximum Gasteiger partial charge on any atom is 0.416 e. The summed E-state index contributed by atoms with van der Waals surface area (Å²) in [6.45, 7) is 0.203. The maximum atomic E-state index is 12.3. The maximum absolute atomic E-state index is 12.3. The first-order valence-electron chi connectivity index (χ1n) is 7.98. The van der Waals surface area contributed by atoms with Crippen LogP contribution >= 0.6 is 0 Å². The van der Waals surface area contributed by atoms with Crippen LogP contribution in [0.25, 0.3) is 11.1 Å². The monoisotopic (exact) mass is 341 g/mol. The van der Waals surface area contributed by atoms with Crippen LogP contribution in [-0.2, 0) is 9.53 Å². The van der Waals surface area contributed by atoms with Crippen molar-refractivity contribution >= 4 is 12.1 Å². The number of carbonyl (C=O) groups excluding carboxylic acids is 1. The van der Waals surface area contributed by atoms with Gasteiger partial charge in [0.05, 0.1) is 12.6 Å². The third-order valence-corrected chi connectivity index (χ3v) is 4.28. The van der Waals surface area contributed by atoms with E-state index >= 15 is 0 Å². The van der Waals surface area contributed by atoms with Crippen LogP contribution < -0.4 is 4.74 Å². The van der Waals surface area contributed by atoms with Gasteiger partial charge in [-0.05, 0) is 23.3 Å². The van der Waals surface area contributed by atoms with E-state index in [2.05, 4.69) is 0 Å². The van der Waals surface area contributed by atoms with Crippen LogP contribution in [0.1, 0.15) is 6.42 Å². The largest absolute Gasteiger partial charge is 0.480 e. The quantitative estimate of drug-likeness (QED) is 0.925. The number of benzene rings is 2. The number of carboxylic acids is 1. The van der Waals surface area contributed by atoms with Crippen molar-refractivity contribution in [2.45, 2.75) is 18.6 Å². The topological polar surface area (TPSA) is 76.1 Å². The number of hydrogen-bond donors (Lipinski definition) is 1. The van der Waals surface area contributed by atoms with Crippen LogP contribution in [0.15, 0.2) is 54.6 Å². The number of nitrogens with zero attached hydrogens (tertiary/aromatic N) is 1. The standard InChI is InChI=1S/C19H19NO5/c1-24-16-11-17(18(21)22)20(12-16)19(23)25-15-9-7-14(8-10-15)13-5-3-2-4-6-13/h2-10,16-17H,11-12H2,1H3,(H,21,22). The number of likely N-dealkylation sites (tertiary alicyclic amines) is 1. The molecule has 2 aromatic rings. The Morgan fingerprint density at radius 3 is 2.28 bits per heavy atom. The van der Waals surface area contributed by atoms with Gasteiger partial charge in [0.15, 0.2) is 0 Å². The molecule has 25 heavy (non-hydrogen) atoms. The first-order valence-corrected chi connectivity index (χ1v) is 7.98. The molecule has 0 saturated carbocycles. The van der Waals surface area contributed by atoms with E-state index in [0.29, 0.717) is 5.75 Å². The minimum absolute atomic E-state index is 0.203. The zero-order valence-electron chi connectivity index (χ0n) is 13.8. The van der Waals surface area contributed by atoms with Gasteiger partial charge in [-0.15, -0.1) is 0 Å². The Hall–Kier alpha value is -2.86. The minimum Gasteiger partial charge on any atom is -0.480 e. The van der Waals surface area contributed by atoms with E-state index in [4.69, 9.17) is 9.47 Å². The van der Waals surface area contributed by atoms with Gasteiger partial charge < -0.3 is 14.6 Å². The zero-order chi connectivity index (χ0) is 17.8.